The van der Waals surface area contributed by atoms with Crippen LogP contribution in [0.1, 0.15) is 77.6 Å². The van der Waals surface area contributed by atoms with Gasteiger partial charge in [0.15, 0.2) is 5.78 Å². The Bertz CT molecular complexity index is 1440. The SMILES string of the molecule is CC(=O)/C=C(/C)O.Cc1[c-]c(-c2ccc3cc(-c4cc(C(C)(C)C)cc(C(C)(C)C)c4)sc3n2)cc(C)c1.[Ir]. The van der Waals surface area contributed by atoms with Crippen molar-refractivity contribution in [3.8, 4) is 21.7 Å². The molecule has 0 spiro atoms. The summed E-state index contributed by atoms with van der Waals surface area (Å²) in [4.78, 5) is 17.4. The van der Waals surface area contributed by atoms with Gasteiger partial charge in [0.2, 0.25) is 0 Å². The Morgan fingerprint density at radius 3 is 1.95 bits per heavy atom. The summed E-state index contributed by atoms with van der Waals surface area (Å²) in [5, 5.41) is 9.56. The predicted molar refractivity (Wildman–Crippen MR) is 163 cm³/mol. The number of carbonyl (C=O) groups is 1. The molecule has 0 aliphatic heterocycles. The third kappa shape index (κ3) is 8.96. The standard InChI is InChI=1S/C29H32NS.C5H8O2.Ir/c1-18-11-19(2)13-21(12-18)25-10-9-20-16-26(31-27(20)30-25)22-14-23(28(3,4)5)17-24(15-22)29(6,7)8;1-4(6)3-5(2)7;/h9-12,14-17H,1-8H3;3,6H,1-2H3;/q-1;;/b;4-3-;. The first-order valence-electron chi connectivity index (χ1n) is 13.0. The van der Waals surface area contributed by atoms with E-state index in [1.807, 2.05) is 0 Å². The Morgan fingerprint density at radius 2 is 1.49 bits per heavy atom. The summed E-state index contributed by atoms with van der Waals surface area (Å²) in [5.41, 5.74) is 8.72. The number of nitrogens with zero attached hydrogens (tertiary/aromatic N) is 1. The monoisotopic (exact) mass is 719 g/mol. The number of carbonyl (C=O) groups excluding carboxylic acids is 1. The van der Waals surface area contributed by atoms with Gasteiger partial charge in [0.05, 0.1) is 5.76 Å². The zero-order chi connectivity index (χ0) is 28.4. The summed E-state index contributed by atoms with van der Waals surface area (Å²) in [6.45, 7) is 20.8. The fraction of sp³-hybridized carbons (Fsp3) is 0.353. The number of hydrogen-bond acceptors (Lipinski definition) is 4. The number of aryl methyl sites for hydroxylation is 2. The van der Waals surface area contributed by atoms with Crippen LogP contribution in [0.25, 0.3) is 31.9 Å². The molecule has 0 bridgehead atoms. The van der Waals surface area contributed by atoms with E-state index in [-0.39, 0.29) is 42.5 Å². The van der Waals surface area contributed by atoms with Crippen LogP contribution in [0.4, 0.5) is 0 Å². The van der Waals surface area contributed by atoms with E-state index in [0.29, 0.717) is 0 Å². The summed E-state index contributed by atoms with van der Waals surface area (Å²) >= 11 is 1.78. The minimum atomic E-state index is -0.125. The quantitative estimate of drug-likeness (QED) is 0.130. The van der Waals surface area contributed by atoms with Gasteiger partial charge in [-0.15, -0.1) is 46.2 Å². The van der Waals surface area contributed by atoms with E-state index in [4.69, 9.17) is 10.1 Å². The molecule has 0 saturated carbocycles. The zero-order valence-electron chi connectivity index (χ0n) is 24.7. The summed E-state index contributed by atoms with van der Waals surface area (Å²) in [6, 6.07) is 21.5. The number of fused-ring (bicyclic) bond motifs is 1. The molecule has 4 rings (SSSR count). The van der Waals surface area contributed by atoms with Gasteiger partial charge in [-0.3, -0.25) is 9.78 Å². The van der Waals surface area contributed by atoms with Gasteiger partial charge in [0, 0.05) is 36.4 Å². The number of ketones is 1. The third-order valence-electron chi connectivity index (χ3n) is 6.17. The summed E-state index contributed by atoms with van der Waals surface area (Å²) < 4.78 is 0. The third-order valence-corrected chi connectivity index (χ3v) is 7.26. The maximum atomic E-state index is 10.0. The van der Waals surface area contributed by atoms with Gasteiger partial charge < -0.3 is 5.11 Å². The van der Waals surface area contributed by atoms with Crippen molar-refractivity contribution in [1.29, 1.82) is 0 Å². The smallest absolute Gasteiger partial charge is 0.155 e. The molecule has 0 amide bonds. The van der Waals surface area contributed by atoms with E-state index in [1.165, 1.54) is 52.4 Å². The van der Waals surface area contributed by atoms with Crippen LogP contribution in [0, 0.1) is 19.9 Å². The van der Waals surface area contributed by atoms with Crippen LogP contribution < -0.4 is 0 Å². The molecule has 2 aromatic heterocycles. The number of rotatable bonds is 3. The summed E-state index contributed by atoms with van der Waals surface area (Å²) in [6.07, 6.45) is 1.17. The first-order valence-corrected chi connectivity index (χ1v) is 13.8. The van der Waals surface area contributed by atoms with Gasteiger partial charge in [0.1, 0.15) is 4.83 Å². The Hall–Kier alpha value is -2.59. The van der Waals surface area contributed by atoms with Crippen LogP contribution in [0.3, 0.4) is 0 Å². The van der Waals surface area contributed by atoms with Crippen LogP contribution in [-0.4, -0.2) is 15.9 Å². The topological polar surface area (TPSA) is 50.2 Å². The molecule has 0 atom stereocenters. The van der Waals surface area contributed by atoms with Gasteiger partial charge in [-0.05, 0) is 65.3 Å². The number of hydrogen-bond donors (Lipinski definition) is 1. The maximum absolute atomic E-state index is 10.0. The van der Waals surface area contributed by atoms with Crippen LogP contribution in [0.15, 0.2) is 60.4 Å². The molecule has 5 heteroatoms. The molecule has 39 heavy (non-hydrogen) atoms. The zero-order valence-corrected chi connectivity index (χ0v) is 28.0. The normalized spacial score (nSPS) is 12.0. The molecule has 2 aromatic carbocycles. The van der Waals surface area contributed by atoms with Crippen molar-refractivity contribution >= 4 is 27.3 Å². The van der Waals surface area contributed by atoms with Gasteiger partial charge in [0.25, 0.3) is 0 Å². The molecule has 1 radical (unpaired) electrons. The van der Waals surface area contributed by atoms with E-state index >= 15 is 0 Å². The molecule has 1 N–H and O–H groups in total. The average molecular weight is 719 g/mol. The molecular weight excluding hydrogens is 679 g/mol. The van der Waals surface area contributed by atoms with Crippen molar-refractivity contribution in [2.45, 2.75) is 80.1 Å². The van der Waals surface area contributed by atoms with E-state index in [9.17, 15) is 4.79 Å². The van der Waals surface area contributed by atoms with Gasteiger partial charge in [-0.2, -0.15) is 0 Å². The van der Waals surface area contributed by atoms with Crippen molar-refractivity contribution < 1.29 is 30.0 Å². The van der Waals surface area contributed by atoms with E-state index < -0.39 is 0 Å². The molecular formula is C34H40IrNO2S-. The molecule has 4 aromatic rings. The maximum Gasteiger partial charge on any atom is 0.155 e. The second-order valence-electron chi connectivity index (χ2n) is 12.2. The molecule has 2 heterocycles. The fourth-order valence-corrected chi connectivity index (χ4v) is 5.19. The number of aliphatic hydroxyl groups is 1. The first-order chi connectivity index (χ1) is 17.5. The first kappa shape index (κ1) is 32.6. The number of pyridine rings is 1. The van der Waals surface area contributed by atoms with E-state index in [0.717, 1.165) is 21.7 Å². The molecule has 0 saturated heterocycles. The average Bonchev–Trinajstić information content (AvgIpc) is 3.20. The van der Waals surface area contributed by atoms with Crippen molar-refractivity contribution in [2.75, 3.05) is 0 Å². The van der Waals surface area contributed by atoms with Crippen molar-refractivity contribution in [2.24, 2.45) is 0 Å². The Balaban J connectivity index is 0.000000592. The number of thiophene rings is 1. The summed E-state index contributed by atoms with van der Waals surface area (Å²) in [5.74, 6) is -0.0625. The van der Waals surface area contributed by atoms with Gasteiger partial charge in [-0.1, -0.05) is 73.6 Å². The van der Waals surface area contributed by atoms with Gasteiger partial charge >= 0.3 is 0 Å². The molecule has 0 aliphatic carbocycles. The van der Waals surface area contributed by atoms with Crippen molar-refractivity contribution in [3.63, 3.8) is 0 Å². The fourth-order valence-electron chi connectivity index (χ4n) is 4.17. The minimum absolute atomic E-state index is 0. The number of aromatic nitrogens is 1. The minimum Gasteiger partial charge on any atom is -0.512 e. The van der Waals surface area contributed by atoms with E-state index in [2.05, 4.69) is 110 Å². The van der Waals surface area contributed by atoms with Crippen molar-refractivity contribution in [3.05, 3.63) is 88.7 Å². The second kappa shape index (κ2) is 12.7. The molecule has 0 unspecified atom stereocenters. The molecule has 209 valence electrons. The predicted octanol–water partition coefficient (Wildman–Crippen LogP) is 9.68. The Kier molecular flexibility index (Phi) is 10.6. The van der Waals surface area contributed by atoms with Gasteiger partial charge in [-0.25, -0.2) is 0 Å². The van der Waals surface area contributed by atoms with Crippen LogP contribution in [-0.2, 0) is 35.7 Å². The van der Waals surface area contributed by atoms with Crippen LogP contribution in [0.5, 0.6) is 0 Å². The number of aliphatic hydroxyl groups excluding tert-OH is 1. The largest absolute Gasteiger partial charge is 0.512 e. The van der Waals surface area contributed by atoms with E-state index in [1.54, 1.807) is 11.3 Å². The molecule has 0 aliphatic rings. The Morgan fingerprint density at radius 1 is 0.897 bits per heavy atom. The molecule has 3 nitrogen and oxygen atoms in total. The van der Waals surface area contributed by atoms with Crippen LogP contribution >= 0.6 is 11.3 Å². The summed E-state index contributed by atoms with van der Waals surface area (Å²) in [7, 11) is 0. The Labute approximate surface area is 251 Å². The molecule has 0 fully saturated rings. The number of benzene rings is 2. The second-order valence-corrected chi connectivity index (χ2v) is 13.2. The van der Waals surface area contributed by atoms with Crippen LogP contribution in [0.2, 0.25) is 0 Å². The van der Waals surface area contributed by atoms with Crippen molar-refractivity contribution in [1.82, 2.24) is 4.98 Å². The number of allylic oxidation sites excluding steroid dienone is 2.